The number of rotatable bonds is 4. The molecule has 0 aromatic heterocycles. The molecule has 0 radical (unpaired) electrons. The van der Waals surface area contributed by atoms with Crippen LogP contribution in [0.5, 0.6) is 5.75 Å². The van der Waals surface area contributed by atoms with E-state index in [1.165, 1.54) is 0 Å². The third-order valence-electron chi connectivity index (χ3n) is 1.95. The molecular weight excluding hydrogens is 230 g/mol. The van der Waals surface area contributed by atoms with Gasteiger partial charge in [-0.1, -0.05) is 11.6 Å². The van der Waals surface area contributed by atoms with E-state index in [9.17, 15) is 0 Å². The summed E-state index contributed by atoms with van der Waals surface area (Å²) in [6.45, 7) is 4.95. The van der Waals surface area contributed by atoms with Crippen LogP contribution < -0.4 is 4.74 Å². The summed E-state index contributed by atoms with van der Waals surface area (Å²) in [5.74, 6) is 0.814. The van der Waals surface area contributed by atoms with Crippen molar-refractivity contribution in [2.45, 2.75) is 13.8 Å². The smallest absolute Gasteiger partial charge is 0.120 e. The molecule has 0 unspecified atom stereocenters. The lowest BCUT2D eigenvalue weighted by Gasteiger charge is -2.08. The van der Waals surface area contributed by atoms with Crippen LogP contribution in [0.25, 0.3) is 0 Å². The zero-order chi connectivity index (χ0) is 11.3. The second-order valence-corrected chi connectivity index (χ2v) is 3.75. The molecule has 4 heteroatoms. The first-order valence-electron chi connectivity index (χ1n) is 4.58. The summed E-state index contributed by atoms with van der Waals surface area (Å²) in [5, 5.41) is 3.08. The molecule has 0 bridgehead atoms. The van der Waals surface area contributed by atoms with Crippen LogP contribution in [0.2, 0.25) is 5.02 Å². The molecule has 1 rings (SSSR count). The maximum atomic E-state index is 6.04. The van der Waals surface area contributed by atoms with Gasteiger partial charge in [-0.15, -0.1) is 0 Å². The number of aliphatic imine (C=N–C) groups is 1. The Hall–Kier alpha value is -0.890. The van der Waals surface area contributed by atoms with Crippen molar-refractivity contribution in [2.75, 3.05) is 13.2 Å². The Morgan fingerprint density at radius 3 is 2.53 bits per heavy atom. The molecular formula is C11H12ClNOS. The van der Waals surface area contributed by atoms with E-state index < -0.39 is 0 Å². The molecule has 0 N–H and O–H groups in total. The van der Waals surface area contributed by atoms with Crippen LogP contribution in [-0.2, 0) is 0 Å². The number of benzene rings is 1. The SMILES string of the molecule is Cc1cc(OCCN=C=S)cc(C)c1Cl. The number of halogens is 1. The minimum Gasteiger partial charge on any atom is -0.492 e. The number of thiocarbonyl (C=S) groups is 1. The summed E-state index contributed by atoms with van der Waals surface area (Å²) in [5.41, 5.74) is 2.04. The van der Waals surface area contributed by atoms with Crippen molar-refractivity contribution >= 4 is 29.0 Å². The van der Waals surface area contributed by atoms with E-state index in [0.717, 1.165) is 21.9 Å². The maximum absolute atomic E-state index is 6.04. The van der Waals surface area contributed by atoms with Crippen molar-refractivity contribution in [3.63, 3.8) is 0 Å². The molecule has 0 amide bonds. The topological polar surface area (TPSA) is 21.6 Å². The predicted octanol–water partition coefficient (Wildman–Crippen LogP) is 3.44. The van der Waals surface area contributed by atoms with Gasteiger partial charge in [0.25, 0.3) is 0 Å². The van der Waals surface area contributed by atoms with Crippen molar-refractivity contribution in [1.82, 2.24) is 0 Å². The minimum atomic E-state index is 0.504. The lowest BCUT2D eigenvalue weighted by atomic mass is 10.1. The van der Waals surface area contributed by atoms with Crippen molar-refractivity contribution < 1.29 is 4.74 Å². The lowest BCUT2D eigenvalue weighted by Crippen LogP contribution is -2.01. The highest BCUT2D eigenvalue weighted by Crippen LogP contribution is 2.25. The quantitative estimate of drug-likeness (QED) is 0.458. The van der Waals surface area contributed by atoms with Crippen LogP contribution in [0.4, 0.5) is 0 Å². The van der Waals surface area contributed by atoms with Gasteiger partial charge in [-0.2, -0.15) is 0 Å². The number of ether oxygens (including phenoxy) is 1. The zero-order valence-corrected chi connectivity index (χ0v) is 10.3. The highest BCUT2D eigenvalue weighted by Gasteiger charge is 2.02. The summed E-state index contributed by atoms with van der Waals surface area (Å²) in [7, 11) is 0. The van der Waals surface area contributed by atoms with E-state index in [1.54, 1.807) is 0 Å². The maximum Gasteiger partial charge on any atom is 0.120 e. The van der Waals surface area contributed by atoms with Crippen LogP contribution in [0.1, 0.15) is 11.1 Å². The molecule has 0 aliphatic heterocycles. The van der Waals surface area contributed by atoms with Gasteiger partial charge in [-0.05, 0) is 49.3 Å². The second kappa shape index (κ2) is 5.86. The Labute approximate surface area is 99.9 Å². The van der Waals surface area contributed by atoms with Crippen LogP contribution in [0.3, 0.4) is 0 Å². The number of hydrogen-bond donors (Lipinski definition) is 0. The Morgan fingerprint density at radius 1 is 1.40 bits per heavy atom. The van der Waals surface area contributed by atoms with Gasteiger partial charge >= 0.3 is 0 Å². The monoisotopic (exact) mass is 241 g/mol. The van der Waals surface area contributed by atoms with Gasteiger partial charge in [-0.3, -0.25) is 0 Å². The van der Waals surface area contributed by atoms with Gasteiger partial charge in [0.2, 0.25) is 0 Å². The normalized spacial score (nSPS) is 9.53. The molecule has 80 valence electrons. The summed E-state index contributed by atoms with van der Waals surface area (Å²) < 4.78 is 5.49. The van der Waals surface area contributed by atoms with E-state index in [4.69, 9.17) is 16.3 Å². The largest absolute Gasteiger partial charge is 0.492 e. The standard InChI is InChI=1S/C11H12ClNOS/c1-8-5-10(6-9(2)11(8)12)14-4-3-13-7-15/h5-6H,3-4H2,1-2H3. The second-order valence-electron chi connectivity index (χ2n) is 3.19. The van der Waals surface area contributed by atoms with Crippen molar-refractivity contribution in [2.24, 2.45) is 4.99 Å². The number of isothiocyanates is 1. The average molecular weight is 242 g/mol. The van der Waals surface area contributed by atoms with Gasteiger partial charge in [0.05, 0.1) is 11.7 Å². The van der Waals surface area contributed by atoms with Crippen molar-refractivity contribution in [3.05, 3.63) is 28.3 Å². The van der Waals surface area contributed by atoms with Gasteiger partial charge in [0, 0.05) is 5.02 Å². The van der Waals surface area contributed by atoms with E-state index in [0.29, 0.717) is 13.2 Å². The van der Waals surface area contributed by atoms with Crippen molar-refractivity contribution in [3.8, 4) is 5.75 Å². The number of nitrogens with zero attached hydrogens (tertiary/aromatic N) is 1. The molecule has 15 heavy (non-hydrogen) atoms. The molecule has 0 heterocycles. The van der Waals surface area contributed by atoms with Gasteiger partial charge in [-0.25, -0.2) is 4.99 Å². The van der Waals surface area contributed by atoms with Crippen LogP contribution in [0.15, 0.2) is 17.1 Å². The lowest BCUT2D eigenvalue weighted by molar-refractivity contribution is 0.328. The highest BCUT2D eigenvalue weighted by atomic mass is 35.5. The predicted molar refractivity (Wildman–Crippen MR) is 66.3 cm³/mol. The van der Waals surface area contributed by atoms with E-state index in [-0.39, 0.29) is 0 Å². The number of hydrogen-bond acceptors (Lipinski definition) is 3. The van der Waals surface area contributed by atoms with Gasteiger partial charge < -0.3 is 4.74 Å². The first-order chi connectivity index (χ1) is 7.15. The Kier molecular flexibility index (Phi) is 4.76. The zero-order valence-electron chi connectivity index (χ0n) is 8.71. The fraction of sp³-hybridized carbons (Fsp3) is 0.364. The Bertz CT molecular complexity index is 377. The van der Waals surface area contributed by atoms with E-state index in [1.807, 2.05) is 26.0 Å². The highest BCUT2D eigenvalue weighted by molar-refractivity contribution is 7.78. The Balaban J connectivity index is 2.66. The van der Waals surface area contributed by atoms with E-state index in [2.05, 4.69) is 22.4 Å². The molecule has 2 nitrogen and oxygen atoms in total. The summed E-state index contributed by atoms with van der Waals surface area (Å²) in [6.07, 6.45) is 0. The molecule has 1 aromatic carbocycles. The molecule has 0 spiro atoms. The fourth-order valence-corrected chi connectivity index (χ4v) is 1.44. The molecule has 0 aliphatic carbocycles. The summed E-state index contributed by atoms with van der Waals surface area (Å²) in [4.78, 5) is 3.76. The third-order valence-corrected chi connectivity index (χ3v) is 2.67. The minimum absolute atomic E-state index is 0.504. The van der Waals surface area contributed by atoms with Crippen LogP contribution in [-0.4, -0.2) is 18.3 Å². The summed E-state index contributed by atoms with van der Waals surface area (Å²) in [6, 6.07) is 3.83. The molecule has 0 saturated carbocycles. The van der Waals surface area contributed by atoms with Crippen molar-refractivity contribution in [1.29, 1.82) is 0 Å². The molecule has 0 atom stereocenters. The van der Waals surface area contributed by atoms with Gasteiger partial charge in [0.1, 0.15) is 12.4 Å². The molecule has 0 fully saturated rings. The molecule has 1 aromatic rings. The molecule has 0 saturated heterocycles. The first kappa shape index (κ1) is 12.2. The third kappa shape index (κ3) is 3.63. The van der Waals surface area contributed by atoms with Crippen LogP contribution in [0, 0.1) is 13.8 Å². The number of aryl methyl sites for hydroxylation is 2. The first-order valence-corrected chi connectivity index (χ1v) is 5.37. The van der Waals surface area contributed by atoms with Gasteiger partial charge in [0.15, 0.2) is 0 Å². The summed E-state index contributed by atoms with van der Waals surface area (Å²) >= 11 is 10.5. The molecule has 0 aliphatic rings. The van der Waals surface area contributed by atoms with Crippen LogP contribution >= 0.6 is 23.8 Å². The fourth-order valence-electron chi connectivity index (χ4n) is 1.24. The Morgan fingerprint density at radius 2 is 2.00 bits per heavy atom. The average Bonchev–Trinajstić information content (AvgIpc) is 2.21. The van der Waals surface area contributed by atoms with E-state index >= 15 is 0 Å².